The van der Waals surface area contributed by atoms with Gasteiger partial charge in [-0.25, -0.2) is 4.79 Å². The molecule has 0 radical (unpaired) electrons. The molecule has 0 aromatic heterocycles. The number of carbonyl (C=O) groups excluding carboxylic acids is 1. The summed E-state index contributed by atoms with van der Waals surface area (Å²) in [5.41, 5.74) is 0.689. The summed E-state index contributed by atoms with van der Waals surface area (Å²) >= 11 is 0. The number of likely N-dealkylation sites (tertiary alicyclic amines) is 2. The highest BCUT2D eigenvalue weighted by atomic mass is 16.6. The molecule has 122 valence electrons. The first-order chi connectivity index (χ1) is 10.9. The number of amides is 1. The molecule has 1 aromatic carbocycles. The van der Waals surface area contributed by atoms with Crippen molar-refractivity contribution in [3.05, 3.63) is 35.9 Å². The predicted molar refractivity (Wildman–Crippen MR) is 86.5 cm³/mol. The topological polar surface area (TPSA) is 56.6 Å². The van der Waals surface area contributed by atoms with Crippen molar-refractivity contribution in [2.24, 2.45) is 0 Å². The molecule has 3 rings (SSSR count). The highest BCUT2D eigenvalue weighted by Crippen LogP contribution is 2.37. The van der Waals surface area contributed by atoms with Crippen molar-refractivity contribution in [1.29, 1.82) is 5.26 Å². The summed E-state index contributed by atoms with van der Waals surface area (Å²) in [7, 11) is 0. The van der Waals surface area contributed by atoms with E-state index < -0.39 is 5.60 Å². The van der Waals surface area contributed by atoms with Crippen molar-refractivity contribution in [2.45, 2.75) is 57.5 Å². The van der Waals surface area contributed by atoms with Crippen LogP contribution >= 0.6 is 0 Å². The van der Waals surface area contributed by atoms with Crippen LogP contribution in [0.25, 0.3) is 0 Å². The van der Waals surface area contributed by atoms with Crippen molar-refractivity contribution >= 4 is 6.09 Å². The third-order valence-electron chi connectivity index (χ3n) is 4.48. The number of hydrogen-bond donors (Lipinski definition) is 0. The van der Waals surface area contributed by atoms with Crippen LogP contribution in [0.15, 0.2) is 30.3 Å². The lowest BCUT2D eigenvalue weighted by atomic mass is 10.1. The molecule has 1 amide bonds. The zero-order valence-electron chi connectivity index (χ0n) is 13.9. The number of fused-ring (bicyclic) bond motifs is 2. The molecule has 3 atom stereocenters. The molecule has 2 bridgehead atoms. The van der Waals surface area contributed by atoms with E-state index in [0.717, 1.165) is 13.0 Å². The van der Waals surface area contributed by atoms with E-state index in [4.69, 9.17) is 4.74 Å². The zero-order valence-corrected chi connectivity index (χ0v) is 13.9. The second-order valence-electron chi connectivity index (χ2n) is 7.32. The highest BCUT2D eigenvalue weighted by molar-refractivity contribution is 5.69. The molecule has 5 heteroatoms. The van der Waals surface area contributed by atoms with Gasteiger partial charge in [0.05, 0.1) is 12.1 Å². The zero-order chi connectivity index (χ0) is 16.6. The standard InChI is InChI=1S/C18H23N3O2/c1-18(2,3)23-17(22)21-12-14-9-15(21)16(10-19)20(14)11-13-7-5-4-6-8-13/h4-8,14-16H,9,11-12H2,1-3H3/t14?,15?,16-/m1/s1. The van der Waals surface area contributed by atoms with Gasteiger partial charge in [-0.1, -0.05) is 30.3 Å². The average molecular weight is 313 g/mol. The molecule has 0 spiro atoms. The Morgan fingerprint density at radius 1 is 1.35 bits per heavy atom. The van der Waals surface area contributed by atoms with Crippen LogP contribution in [0.2, 0.25) is 0 Å². The number of piperazine rings is 1. The van der Waals surface area contributed by atoms with Gasteiger partial charge >= 0.3 is 6.09 Å². The van der Waals surface area contributed by atoms with E-state index in [9.17, 15) is 10.1 Å². The number of carbonyl (C=O) groups is 1. The Hall–Kier alpha value is -2.06. The molecule has 2 fully saturated rings. The van der Waals surface area contributed by atoms with Crippen molar-refractivity contribution in [1.82, 2.24) is 9.80 Å². The molecule has 1 aromatic rings. The van der Waals surface area contributed by atoms with Gasteiger partial charge in [-0.15, -0.1) is 0 Å². The van der Waals surface area contributed by atoms with Gasteiger partial charge in [0.25, 0.3) is 0 Å². The lowest BCUT2D eigenvalue weighted by molar-refractivity contribution is 0.00662. The molecule has 2 aliphatic rings. The van der Waals surface area contributed by atoms with E-state index in [1.807, 2.05) is 39.0 Å². The smallest absolute Gasteiger partial charge is 0.410 e. The highest BCUT2D eigenvalue weighted by Gasteiger charge is 2.52. The van der Waals surface area contributed by atoms with Gasteiger partial charge in [-0.05, 0) is 32.8 Å². The summed E-state index contributed by atoms with van der Waals surface area (Å²) < 4.78 is 5.48. The molecule has 2 heterocycles. The summed E-state index contributed by atoms with van der Waals surface area (Å²) in [6, 6.07) is 12.5. The van der Waals surface area contributed by atoms with E-state index in [1.54, 1.807) is 4.90 Å². The molecule has 2 saturated heterocycles. The first-order valence-electron chi connectivity index (χ1n) is 8.08. The van der Waals surface area contributed by atoms with E-state index in [2.05, 4.69) is 23.1 Å². The minimum absolute atomic E-state index is 0.0661. The summed E-state index contributed by atoms with van der Waals surface area (Å²) in [4.78, 5) is 16.3. The van der Waals surface area contributed by atoms with Crippen LogP contribution in [0.4, 0.5) is 4.79 Å². The van der Waals surface area contributed by atoms with Crippen LogP contribution in [0.1, 0.15) is 32.8 Å². The van der Waals surface area contributed by atoms with Gasteiger partial charge in [0.15, 0.2) is 0 Å². The molecule has 0 aliphatic carbocycles. The lowest BCUT2D eigenvalue weighted by Crippen LogP contribution is -2.54. The van der Waals surface area contributed by atoms with Gasteiger partial charge in [0, 0.05) is 19.1 Å². The van der Waals surface area contributed by atoms with E-state index >= 15 is 0 Å². The van der Waals surface area contributed by atoms with E-state index in [0.29, 0.717) is 6.54 Å². The van der Waals surface area contributed by atoms with Crippen LogP contribution in [-0.2, 0) is 11.3 Å². The Bertz CT molecular complexity index is 617. The quantitative estimate of drug-likeness (QED) is 0.842. The minimum atomic E-state index is -0.509. The number of nitrogens with zero attached hydrogens (tertiary/aromatic N) is 3. The maximum Gasteiger partial charge on any atom is 0.410 e. The first kappa shape index (κ1) is 15.8. The second kappa shape index (κ2) is 5.86. The predicted octanol–water partition coefficient (Wildman–Crippen LogP) is 2.77. The Morgan fingerprint density at radius 3 is 2.65 bits per heavy atom. The average Bonchev–Trinajstić information content (AvgIpc) is 3.04. The molecule has 2 unspecified atom stereocenters. The Balaban J connectivity index is 1.71. The first-order valence-corrected chi connectivity index (χ1v) is 8.08. The monoisotopic (exact) mass is 313 g/mol. The molecule has 0 N–H and O–H groups in total. The van der Waals surface area contributed by atoms with Crippen LogP contribution in [0.3, 0.4) is 0 Å². The van der Waals surface area contributed by atoms with Gasteiger partial charge in [-0.3, -0.25) is 4.90 Å². The molecular weight excluding hydrogens is 290 g/mol. The Labute approximate surface area is 137 Å². The van der Waals surface area contributed by atoms with E-state index in [-0.39, 0.29) is 24.2 Å². The maximum absolute atomic E-state index is 12.4. The summed E-state index contributed by atoms with van der Waals surface area (Å²) in [6.45, 7) is 6.99. The molecule has 2 aliphatic heterocycles. The molecule has 0 saturated carbocycles. The summed E-state index contributed by atoms with van der Waals surface area (Å²) in [5.74, 6) is 0. The van der Waals surface area contributed by atoms with Crippen LogP contribution in [0.5, 0.6) is 0 Å². The third kappa shape index (κ3) is 3.18. The molecular formula is C18H23N3O2. The SMILES string of the molecule is CC(C)(C)OC(=O)N1CC2CC1[C@@H](C#N)N2Cc1ccccc1. The number of benzene rings is 1. The van der Waals surface area contributed by atoms with Crippen molar-refractivity contribution in [3.8, 4) is 6.07 Å². The van der Waals surface area contributed by atoms with Crippen LogP contribution in [-0.4, -0.2) is 46.2 Å². The fourth-order valence-corrected chi connectivity index (χ4v) is 3.54. The normalized spacial score (nSPS) is 27.0. The Kier molecular flexibility index (Phi) is 4.03. The summed E-state index contributed by atoms with van der Waals surface area (Å²) in [5, 5.41) is 9.60. The Morgan fingerprint density at radius 2 is 2.04 bits per heavy atom. The van der Waals surface area contributed by atoms with Crippen molar-refractivity contribution in [2.75, 3.05) is 6.54 Å². The maximum atomic E-state index is 12.4. The third-order valence-corrected chi connectivity index (χ3v) is 4.48. The van der Waals surface area contributed by atoms with Crippen molar-refractivity contribution in [3.63, 3.8) is 0 Å². The number of rotatable bonds is 2. The molecule has 23 heavy (non-hydrogen) atoms. The molecule has 5 nitrogen and oxygen atoms in total. The number of hydrogen-bond acceptors (Lipinski definition) is 4. The van der Waals surface area contributed by atoms with Crippen molar-refractivity contribution < 1.29 is 9.53 Å². The van der Waals surface area contributed by atoms with Gasteiger partial charge in [-0.2, -0.15) is 5.26 Å². The van der Waals surface area contributed by atoms with E-state index in [1.165, 1.54) is 5.56 Å². The van der Waals surface area contributed by atoms with Gasteiger partial charge in [0.1, 0.15) is 11.6 Å². The minimum Gasteiger partial charge on any atom is -0.444 e. The largest absolute Gasteiger partial charge is 0.444 e. The fourth-order valence-electron chi connectivity index (χ4n) is 3.54. The number of nitriles is 1. The second-order valence-corrected chi connectivity index (χ2v) is 7.32. The lowest BCUT2D eigenvalue weighted by Gasteiger charge is -2.38. The van der Waals surface area contributed by atoms with Gasteiger partial charge < -0.3 is 9.64 Å². The number of ether oxygens (including phenoxy) is 1. The van der Waals surface area contributed by atoms with Gasteiger partial charge in [0.2, 0.25) is 0 Å². The fraction of sp³-hybridized carbons (Fsp3) is 0.556. The summed E-state index contributed by atoms with van der Waals surface area (Å²) in [6.07, 6.45) is 0.550. The van der Waals surface area contributed by atoms with Crippen LogP contribution < -0.4 is 0 Å². The van der Waals surface area contributed by atoms with Crippen LogP contribution in [0, 0.1) is 11.3 Å².